The molecule has 0 unspecified atom stereocenters. The van der Waals surface area contributed by atoms with E-state index in [9.17, 15) is 0 Å². The quantitative estimate of drug-likeness (QED) is 0.137. The molecule has 0 bridgehead atoms. The van der Waals surface area contributed by atoms with Crippen LogP contribution in [0.15, 0.2) is 0 Å². The van der Waals surface area contributed by atoms with Gasteiger partial charge in [-0.2, -0.15) is 7.11 Å². The fraction of sp³-hybridized carbons (Fsp3) is 0. The van der Waals surface area contributed by atoms with Gasteiger partial charge in [-0.15, -0.1) is 0 Å². The average Bonchev–Trinajstić information content (AvgIpc) is 1.37. The average molecular weight is 82.8 g/mol. The molecule has 7 heavy (non-hydrogen) atoms. The van der Waals surface area contributed by atoms with Gasteiger partial charge in [-0.3, -0.25) is 0 Å². The Kier molecular flexibility index (Phi) is 84.6. The molecule has 6 heteroatoms. The van der Waals surface area contributed by atoms with E-state index in [1.807, 2.05) is 0 Å². The van der Waals surface area contributed by atoms with Crippen molar-refractivity contribution in [3.8, 4) is 0 Å². The second kappa shape index (κ2) is 25.3. The zero-order valence-corrected chi connectivity index (χ0v) is 4.93. The van der Waals surface area contributed by atoms with Crippen LogP contribution in [0.4, 0.5) is 0 Å². The van der Waals surface area contributed by atoms with E-state index in [0.29, 0.717) is 0 Å². The van der Waals surface area contributed by atoms with Crippen LogP contribution in [0.5, 0.6) is 0 Å². The SMILES string of the molecule is [CH2-]OO[O-].[Li+].[Li+].[Li+]. The molecular formula is CH2Li3O3+. The van der Waals surface area contributed by atoms with Gasteiger partial charge in [-0.1, -0.05) is 0 Å². The maximum absolute atomic E-state index is 8.51. The summed E-state index contributed by atoms with van der Waals surface area (Å²) < 4.78 is 0. The van der Waals surface area contributed by atoms with Crippen LogP contribution >= 0.6 is 0 Å². The van der Waals surface area contributed by atoms with Crippen LogP contribution in [0.25, 0.3) is 0 Å². The minimum Gasteiger partial charge on any atom is -0.695 e. The minimum absolute atomic E-state index is 0. The molecule has 0 saturated heterocycles. The molecule has 0 aromatic rings. The third-order valence-electron chi connectivity index (χ3n) is 0.0481. The molecule has 0 heterocycles. The molecule has 0 aromatic heterocycles. The topological polar surface area (TPSA) is 41.5 Å². The molecule has 0 fully saturated rings. The van der Waals surface area contributed by atoms with Gasteiger partial charge in [-0.05, 0) is 0 Å². The summed E-state index contributed by atoms with van der Waals surface area (Å²) in [6.45, 7) is 0. The Morgan fingerprint density at radius 1 is 1.14 bits per heavy atom. The van der Waals surface area contributed by atoms with Crippen molar-refractivity contribution in [3.05, 3.63) is 7.11 Å². The molecule has 0 rings (SSSR count). The molecule has 0 aliphatic heterocycles. The summed E-state index contributed by atoms with van der Waals surface area (Å²) >= 11 is 0. The van der Waals surface area contributed by atoms with Crippen molar-refractivity contribution < 1.29 is 71.8 Å². The summed E-state index contributed by atoms with van der Waals surface area (Å²) in [5.41, 5.74) is 0. The van der Waals surface area contributed by atoms with E-state index in [2.05, 4.69) is 17.0 Å². The van der Waals surface area contributed by atoms with Crippen molar-refractivity contribution in [1.29, 1.82) is 0 Å². The summed E-state index contributed by atoms with van der Waals surface area (Å²) in [6.07, 6.45) is 0. The van der Waals surface area contributed by atoms with E-state index in [-0.39, 0.29) is 56.6 Å². The van der Waals surface area contributed by atoms with Crippen molar-refractivity contribution in [2.24, 2.45) is 0 Å². The van der Waals surface area contributed by atoms with E-state index in [0.717, 1.165) is 0 Å². The maximum atomic E-state index is 8.51. The van der Waals surface area contributed by atoms with Gasteiger partial charge in [0.05, 0.1) is 0 Å². The second-order valence-corrected chi connectivity index (χ2v) is 0.186. The van der Waals surface area contributed by atoms with Crippen LogP contribution in [-0.2, 0) is 9.93 Å². The smallest absolute Gasteiger partial charge is 0.695 e. The molecule has 0 radical (unpaired) electrons. The molecule has 0 aliphatic carbocycles. The van der Waals surface area contributed by atoms with Gasteiger partial charge in [-0.25, -0.2) is 0 Å². The molecule has 0 spiro atoms. The molecule has 26 valence electrons. The summed E-state index contributed by atoms with van der Waals surface area (Å²) in [6, 6.07) is 0. The largest absolute Gasteiger partial charge is 1.00 e. The zero-order chi connectivity index (χ0) is 3.41. The van der Waals surface area contributed by atoms with Crippen molar-refractivity contribution in [2.75, 3.05) is 0 Å². The van der Waals surface area contributed by atoms with Crippen molar-refractivity contribution >= 4 is 0 Å². The summed E-state index contributed by atoms with van der Waals surface area (Å²) in [4.78, 5) is 3.24. The van der Waals surface area contributed by atoms with Crippen LogP contribution < -0.4 is 61.8 Å². The normalized spacial score (nSPS) is 4.29. The fourth-order valence-electron chi connectivity index (χ4n) is 0. The van der Waals surface area contributed by atoms with Crippen molar-refractivity contribution in [3.63, 3.8) is 0 Å². The van der Waals surface area contributed by atoms with E-state index in [1.54, 1.807) is 0 Å². The minimum atomic E-state index is 0. The number of rotatable bonds is 1. The Balaban J connectivity index is -0.0000000150. The first kappa shape index (κ1) is 23.4. The Morgan fingerprint density at radius 3 is 1.29 bits per heavy atom. The summed E-state index contributed by atoms with van der Waals surface area (Å²) in [5.74, 6) is 0. The molecule has 0 saturated carbocycles. The summed E-state index contributed by atoms with van der Waals surface area (Å²) in [5, 5.41) is 11.2. The molecule has 0 amide bonds. The number of hydrogen-bond donors (Lipinski definition) is 0. The first-order valence-electron chi connectivity index (χ1n) is 0.622. The molecule has 0 atom stereocenters. The Morgan fingerprint density at radius 2 is 1.29 bits per heavy atom. The Bertz CT molecular complexity index is 12.1. The van der Waals surface area contributed by atoms with Gasteiger partial charge in [0, 0.05) is 0 Å². The monoisotopic (exact) mass is 83.0 g/mol. The predicted octanol–water partition coefficient (Wildman–Crippen LogP) is -9.99. The molecular weight excluding hydrogens is 80.8 g/mol. The van der Waals surface area contributed by atoms with E-state index < -0.39 is 0 Å². The molecule has 0 N–H and O–H groups in total. The van der Waals surface area contributed by atoms with Gasteiger partial charge in [0.25, 0.3) is 0 Å². The van der Waals surface area contributed by atoms with E-state index in [4.69, 9.17) is 5.26 Å². The first-order valence-corrected chi connectivity index (χ1v) is 0.622. The first-order chi connectivity index (χ1) is 1.91. The number of hydrogen-bond acceptors (Lipinski definition) is 3. The maximum Gasteiger partial charge on any atom is 1.00 e. The Hall–Kier alpha value is 1.67. The third kappa shape index (κ3) is 34.6. The second-order valence-electron chi connectivity index (χ2n) is 0.186. The molecule has 3 nitrogen and oxygen atoms in total. The van der Waals surface area contributed by atoms with Crippen LogP contribution in [0.2, 0.25) is 0 Å². The third-order valence-corrected chi connectivity index (χ3v) is 0.0481. The van der Waals surface area contributed by atoms with Crippen molar-refractivity contribution in [2.45, 2.75) is 0 Å². The zero-order valence-electron chi connectivity index (χ0n) is 4.93. The fourth-order valence-corrected chi connectivity index (χ4v) is 0. The van der Waals surface area contributed by atoms with Crippen LogP contribution in [0.1, 0.15) is 0 Å². The van der Waals surface area contributed by atoms with Crippen LogP contribution in [0, 0.1) is 7.11 Å². The standard InChI is InChI=1S/CH3O3.3Li/c1-3-4-2;;;/h2H,1H2;;;/q-1;3*+1/p-1. The van der Waals surface area contributed by atoms with E-state index in [1.165, 1.54) is 0 Å². The van der Waals surface area contributed by atoms with Gasteiger partial charge in [0.2, 0.25) is 0 Å². The molecule has 0 aliphatic rings. The van der Waals surface area contributed by atoms with Gasteiger partial charge in [0.1, 0.15) is 0 Å². The van der Waals surface area contributed by atoms with Crippen LogP contribution in [0.3, 0.4) is 0 Å². The van der Waals surface area contributed by atoms with E-state index >= 15 is 0 Å². The molecule has 0 aromatic carbocycles. The van der Waals surface area contributed by atoms with Crippen molar-refractivity contribution in [1.82, 2.24) is 0 Å². The van der Waals surface area contributed by atoms with Gasteiger partial charge in [0.15, 0.2) is 0 Å². The van der Waals surface area contributed by atoms with Crippen LogP contribution in [-0.4, -0.2) is 0 Å². The van der Waals surface area contributed by atoms with Gasteiger partial charge < -0.3 is 15.2 Å². The predicted molar refractivity (Wildman–Crippen MR) is 7.53 cm³/mol. The Labute approximate surface area is 78.5 Å². The summed E-state index contributed by atoms with van der Waals surface area (Å²) in [7, 11) is 2.57. The van der Waals surface area contributed by atoms with Gasteiger partial charge >= 0.3 is 56.6 Å².